The summed E-state index contributed by atoms with van der Waals surface area (Å²) >= 11 is 3.45. The van der Waals surface area contributed by atoms with Crippen molar-refractivity contribution >= 4 is 38.7 Å². The van der Waals surface area contributed by atoms with E-state index in [2.05, 4.69) is 26.0 Å². The highest BCUT2D eigenvalue weighted by molar-refractivity contribution is 9.10. The van der Waals surface area contributed by atoms with Gasteiger partial charge in [-0.15, -0.1) is 0 Å². The lowest BCUT2D eigenvalue weighted by Crippen LogP contribution is -2.25. The molecule has 2 aromatic heterocycles. The molecule has 206 valence electrons. The summed E-state index contributed by atoms with van der Waals surface area (Å²) in [5.74, 6) is 1.80. The zero-order valence-electron chi connectivity index (χ0n) is 21.9. The Labute approximate surface area is 237 Å². The topological polar surface area (TPSA) is 131 Å². The zero-order valence-corrected chi connectivity index (χ0v) is 23.5. The molecule has 5 rings (SSSR count). The van der Waals surface area contributed by atoms with Crippen molar-refractivity contribution in [1.82, 2.24) is 14.6 Å². The summed E-state index contributed by atoms with van der Waals surface area (Å²) in [6, 6.07) is 11.5. The molecule has 0 aliphatic heterocycles. The van der Waals surface area contributed by atoms with Gasteiger partial charge in [-0.1, -0.05) is 35.2 Å². The molecule has 0 saturated heterocycles. The summed E-state index contributed by atoms with van der Waals surface area (Å²) < 4.78 is 19.1. The number of rotatable bonds is 8. The van der Waals surface area contributed by atoms with Crippen LogP contribution in [0.25, 0.3) is 10.9 Å². The van der Waals surface area contributed by atoms with E-state index in [9.17, 15) is 14.9 Å². The van der Waals surface area contributed by atoms with E-state index in [1.807, 2.05) is 12.1 Å². The van der Waals surface area contributed by atoms with Crippen molar-refractivity contribution in [3.8, 4) is 23.1 Å². The van der Waals surface area contributed by atoms with Gasteiger partial charge in [0.15, 0.2) is 11.5 Å². The number of methoxy groups -OCH3 is 2. The summed E-state index contributed by atoms with van der Waals surface area (Å²) in [6.45, 7) is 0. The molecule has 0 atom stereocenters. The predicted molar refractivity (Wildman–Crippen MR) is 153 cm³/mol. The van der Waals surface area contributed by atoms with Crippen LogP contribution >= 0.6 is 15.9 Å². The van der Waals surface area contributed by atoms with Crippen LogP contribution in [-0.4, -0.2) is 40.0 Å². The van der Waals surface area contributed by atoms with Gasteiger partial charge < -0.3 is 14.2 Å². The quantitative estimate of drug-likeness (QED) is 0.131. The largest absolute Gasteiger partial charge is 0.493 e. The third-order valence-corrected chi connectivity index (χ3v) is 7.24. The first-order valence-electron chi connectivity index (χ1n) is 12.7. The second-order valence-corrected chi connectivity index (χ2v) is 10.2. The van der Waals surface area contributed by atoms with E-state index >= 15 is 0 Å². The summed E-state index contributed by atoms with van der Waals surface area (Å²) in [6.07, 6.45) is 7.91. The molecular formula is C28H26BrN5O6. The smallest absolute Gasteiger partial charge is 0.287 e. The molecule has 1 aliphatic rings. The number of nitro groups is 1. The average Bonchev–Trinajstić information content (AvgIpc) is 2.98. The van der Waals surface area contributed by atoms with Gasteiger partial charge in [0.1, 0.15) is 12.0 Å². The Morgan fingerprint density at radius 3 is 2.42 bits per heavy atom. The molecule has 40 heavy (non-hydrogen) atoms. The number of nitrogens with zero attached hydrogens (tertiary/aromatic N) is 5. The highest BCUT2D eigenvalue weighted by Gasteiger charge is 2.23. The van der Waals surface area contributed by atoms with Gasteiger partial charge in [-0.3, -0.25) is 14.9 Å². The van der Waals surface area contributed by atoms with Gasteiger partial charge in [-0.2, -0.15) is 9.78 Å². The summed E-state index contributed by atoms with van der Waals surface area (Å²) in [5, 5.41) is 16.0. The van der Waals surface area contributed by atoms with E-state index in [1.165, 1.54) is 37.4 Å². The Balaban J connectivity index is 1.54. The van der Waals surface area contributed by atoms with Crippen molar-refractivity contribution in [2.75, 3.05) is 14.2 Å². The van der Waals surface area contributed by atoms with Gasteiger partial charge in [-0.25, -0.2) is 9.97 Å². The number of hydrogen-bond acceptors (Lipinski definition) is 9. The minimum absolute atomic E-state index is 0.126. The van der Waals surface area contributed by atoms with Gasteiger partial charge in [0.2, 0.25) is 11.6 Å². The van der Waals surface area contributed by atoms with E-state index in [-0.39, 0.29) is 28.8 Å². The fourth-order valence-electron chi connectivity index (χ4n) is 4.75. The van der Waals surface area contributed by atoms with Crippen molar-refractivity contribution < 1.29 is 19.1 Å². The van der Waals surface area contributed by atoms with Crippen molar-refractivity contribution in [1.29, 1.82) is 0 Å². The number of aromatic nitrogens is 3. The van der Waals surface area contributed by atoms with Crippen molar-refractivity contribution in [3.63, 3.8) is 0 Å². The fraction of sp³-hybridized carbons (Fsp3) is 0.286. The van der Waals surface area contributed by atoms with Crippen LogP contribution in [0.2, 0.25) is 0 Å². The molecule has 1 saturated carbocycles. The number of pyridine rings is 1. The van der Waals surface area contributed by atoms with E-state index in [0.717, 1.165) is 36.4 Å². The van der Waals surface area contributed by atoms with Crippen LogP contribution < -0.4 is 19.8 Å². The summed E-state index contributed by atoms with van der Waals surface area (Å²) in [4.78, 5) is 32.9. The Morgan fingerprint density at radius 1 is 1.07 bits per heavy atom. The number of ether oxygens (including phenoxy) is 3. The molecule has 1 fully saturated rings. The molecule has 0 spiro atoms. The van der Waals surface area contributed by atoms with Crippen LogP contribution in [0.1, 0.15) is 49.4 Å². The first-order chi connectivity index (χ1) is 19.4. The van der Waals surface area contributed by atoms with Gasteiger partial charge in [0, 0.05) is 28.1 Å². The molecular weight excluding hydrogens is 582 g/mol. The van der Waals surface area contributed by atoms with Gasteiger partial charge in [0.05, 0.1) is 36.3 Å². The average molecular weight is 608 g/mol. The fourth-order valence-corrected chi connectivity index (χ4v) is 5.11. The maximum Gasteiger partial charge on any atom is 0.287 e. The highest BCUT2D eigenvalue weighted by Crippen LogP contribution is 2.41. The van der Waals surface area contributed by atoms with Gasteiger partial charge in [-0.05, 0) is 43.2 Å². The minimum Gasteiger partial charge on any atom is -0.493 e. The van der Waals surface area contributed by atoms with Crippen LogP contribution in [0.4, 0.5) is 5.69 Å². The summed E-state index contributed by atoms with van der Waals surface area (Å²) in [5.41, 5.74) is 0.834. The third kappa shape index (κ3) is 5.67. The monoisotopic (exact) mass is 607 g/mol. The molecule has 1 aliphatic carbocycles. The number of fused-ring (bicyclic) bond motifs is 1. The SMILES string of the molecule is COc1cc(C=Nn2c(C3CCCCC3)nc3ccc(Br)cc3c2=O)cc(OC)c1Oc1ccc([N+](=O)[O-])cn1. The zero-order chi connectivity index (χ0) is 28.2. The molecule has 0 amide bonds. The minimum atomic E-state index is -0.541. The van der Waals surface area contributed by atoms with Gasteiger partial charge in [0.25, 0.3) is 11.2 Å². The maximum absolute atomic E-state index is 13.6. The van der Waals surface area contributed by atoms with Crippen LogP contribution in [-0.2, 0) is 0 Å². The summed E-state index contributed by atoms with van der Waals surface area (Å²) in [7, 11) is 2.95. The molecule has 0 N–H and O–H groups in total. The first-order valence-corrected chi connectivity index (χ1v) is 13.5. The number of hydrogen-bond donors (Lipinski definition) is 0. The van der Waals surface area contributed by atoms with Crippen LogP contribution in [0.15, 0.2) is 63.0 Å². The van der Waals surface area contributed by atoms with E-state index in [4.69, 9.17) is 19.2 Å². The Morgan fingerprint density at radius 2 is 1.80 bits per heavy atom. The molecule has 12 heteroatoms. The van der Waals surface area contributed by atoms with Crippen LogP contribution in [0.5, 0.6) is 23.1 Å². The molecule has 0 radical (unpaired) electrons. The third-order valence-electron chi connectivity index (χ3n) is 6.75. The van der Waals surface area contributed by atoms with Crippen LogP contribution in [0.3, 0.4) is 0 Å². The molecule has 0 unspecified atom stereocenters. The molecule has 2 heterocycles. The molecule has 2 aromatic carbocycles. The predicted octanol–water partition coefficient (Wildman–Crippen LogP) is 6.20. The van der Waals surface area contributed by atoms with E-state index in [1.54, 1.807) is 24.4 Å². The Bertz CT molecular complexity index is 1620. The second-order valence-electron chi connectivity index (χ2n) is 9.30. The van der Waals surface area contributed by atoms with Crippen molar-refractivity contribution in [3.05, 3.63) is 85.0 Å². The van der Waals surface area contributed by atoms with Crippen LogP contribution in [0, 0.1) is 10.1 Å². The van der Waals surface area contributed by atoms with Crippen molar-refractivity contribution in [2.24, 2.45) is 5.10 Å². The normalized spacial score (nSPS) is 14.0. The lowest BCUT2D eigenvalue weighted by Gasteiger charge is -2.22. The molecule has 0 bridgehead atoms. The number of benzene rings is 2. The second kappa shape index (κ2) is 11.8. The molecule has 11 nitrogen and oxygen atoms in total. The number of halogens is 1. The lowest BCUT2D eigenvalue weighted by atomic mass is 9.88. The first kappa shape index (κ1) is 27.3. The Kier molecular flexibility index (Phi) is 8.06. The lowest BCUT2D eigenvalue weighted by molar-refractivity contribution is -0.385. The van der Waals surface area contributed by atoms with Gasteiger partial charge >= 0.3 is 0 Å². The van der Waals surface area contributed by atoms with E-state index in [0.29, 0.717) is 33.8 Å². The maximum atomic E-state index is 13.6. The standard InChI is InChI=1S/C28H26BrN5O6/c1-38-23-12-17(13-24(39-2)26(23)40-25-11-9-20(16-30-25)34(36)37)15-31-33-27(18-6-4-3-5-7-18)32-22-10-8-19(29)14-21(22)28(33)35/h8-16,18H,3-7H2,1-2H3. The Hall–Kier alpha value is -4.32. The van der Waals surface area contributed by atoms with Crippen molar-refractivity contribution in [2.45, 2.75) is 38.0 Å². The molecule has 4 aromatic rings. The van der Waals surface area contributed by atoms with E-state index < -0.39 is 4.92 Å². The highest BCUT2D eigenvalue weighted by atomic mass is 79.9.